The van der Waals surface area contributed by atoms with Gasteiger partial charge in [-0.25, -0.2) is 0 Å². The molecular formula is C13H18O2. The summed E-state index contributed by atoms with van der Waals surface area (Å²) in [5, 5.41) is 0. The normalized spacial score (nSPS) is 19.3. The third kappa shape index (κ3) is 2.72. The van der Waals surface area contributed by atoms with E-state index in [1.165, 1.54) is 11.1 Å². The fraction of sp³-hybridized carbons (Fsp3) is 0.538. The molecule has 2 rings (SSSR count). The van der Waals surface area contributed by atoms with E-state index in [1.807, 2.05) is 6.07 Å². The zero-order valence-corrected chi connectivity index (χ0v) is 9.62. The molecule has 1 fully saturated rings. The van der Waals surface area contributed by atoms with E-state index in [-0.39, 0.29) is 0 Å². The number of ether oxygens (including phenoxy) is 2. The van der Waals surface area contributed by atoms with Gasteiger partial charge in [0.2, 0.25) is 0 Å². The van der Waals surface area contributed by atoms with Gasteiger partial charge in [0.15, 0.2) is 0 Å². The van der Waals surface area contributed by atoms with Crippen LogP contribution in [0.25, 0.3) is 0 Å². The number of hydrogen-bond acceptors (Lipinski definition) is 2. The molecule has 1 aliphatic heterocycles. The third-order valence-corrected chi connectivity index (χ3v) is 2.70. The number of rotatable bonds is 4. The Morgan fingerprint density at radius 1 is 1.47 bits per heavy atom. The van der Waals surface area contributed by atoms with Gasteiger partial charge in [-0.05, 0) is 36.1 Å². The molecule has 0 unspecified atom stereocenters. The monoisotopic (exact) mass is 206 g/mol. The predicted molar refractivity (Wildman–Crippen MR) is 60.5 cm³/mol. The van der Waals surface area contributed by atoms with Crippen molar-refractivity contribution >= 4 is 0 Å². The van der Waals surface area contributed by atoms with Crippen molar-refractivity contribution in [3.05, 3.63) is 29.3 Å². The number of epoxide rings is 1. The minimum Gasteiger partial charge on any atom is -0.491 e. The molecule has 0 amide bonds. The van der Waals surface area contributed by atoms with Gasteiger partial charge in [-0.15, -0.1) is 0 Å². The molecule has 1 aliphatic rings. The van der Waals surface area contributed by atoms with Crippen molar-refractivity contribution in [3.8, 4) is 5.75 Å². The topological polar surface area (TPSA) is 21.8 Å². The Morgan fingerprint density at radius 3 is 2.73 bits per heavy atom. The van der Waals surface area contributed by atoms with E-state index in [4.69, 9.17) is 9.47 Å². The van der Waals surface area contributed by atoms with Gasteiger partial charge in [-0.1, -0.05) is 19.9 Å². The highest BCUT2D eigenvalue weighted by atomic mass is 16.6. The minimum atomic E-state index is 0.329. The Kier molecular flexibility index (Phi) is 2.96. The maximum absolute atomic E-state index is 5.62. The maximum atomic E-state index is 5.62. The SMILES string of the molecule is Cc1cc(OC[C@@H]2CO2)ccc1C(C)C. The molecule has 0 radical (unpaired) electrons. The standard InChI is InChI=1S/C13H18O2/c1-9(2)13-5-4-11(6-10(13)3)14-7-12-8-15-12/h4-6,9,12H,7-8H2,1-3H3/t12-/m1/s1. The maximum Gasteiger partial charge on any atom is 0.119 e. The molecule has 2 nitrogen and oxygen atoms in total. The van der Waals surface area contributed by atoms with Gasteiger partial charge < -0.3 is 9.47 Å². The Hall–Kier alpha value is -1.02. The molecule has 0 aromatic heterocycles. The minimum absolute atomic E-state index is 0.329. The molecular weight excluding hydrogens is 188 g/mol. The van der Waals surface area contributed by atoms with E-state index < -0.39 is 0 Å². The van der Waals surface area contributed by atoms with Crippen molar-refractivity contribution in [3.63, 3.8) is 0 Å². The van der Waals surface area contributed by atoms with Gasteiger partial charge in [-0.2, -0.15) is 0 Å². The van der Waals surface area contributed by atoms with Crippen LogP contribution in [0.15, 0.2) is 18.2 Å². The fourth-order valence-corrected chi connectivity index (χ4v) is 1.74. The number of aryl methyl sites for hydroxylation is 1. The summed E-state index contributed by atoms with van der Waals surface area (Å²) < 4.78 is 10.7. The molecule has 1 saturated heterocycles. The highest BCUT2D eigenvalue weighted by molar-refractivity contribution is 5.36. The van der Waals surface area contributed by atoms with Gasteiger partial charge in [-0.3, -0.25) is 0 Å². The van der Waals surface area contributed by atoms with Crippen molar-refractivity contribution in [1.82, 2.24) is 0 Å². The summed E-state index contributed by atoms with van der Waals surface area (Å²) in [7, 11) is 0. The highest BCUT2D eigenvalue weighted by Crippen LogP contribution is 2.24. The van der Waals surface area contributed by atoms with Crippen molar-refractivity contribution in [2.24, 2.45) is 0 Å². The van der Waals surface area contributed by atoms with Crippen LogP contribution in [0.1, 0.15) is 30.9 Å². The van der Waals surface area contributed by atoms with Crippen LogP contribution >= 0.6 is 0 Å². The van der Waals surface area contributed by atoms with Gasteiger partial charge >= 0.3 is 0 Å². The first-order chi connectivity index (χ1) is 7.16. The molecule has 0 bridgehead atoms. The predicted octanol–water partition coefficient (Wildman–Crippen LogP) is 2.90. The zero-order chi connectivity index (χ0) is 10.8. The highest BCUT2D eigenvalue weighted by Gasteiger charge is 2.23. The third-order valence-electron chi connectivity index (χ3n) is 2.70. The van der Waals surface area contributed by atoms with E-state index in [2.05, 4.69) is 32.9 Å². The van der Waals surface area contributed by atoms with Crippen LogP contribution in [0.4, 0.5) is 0 Å². The van der Waals surface area contributed by atoms with Crippen LogP contribution in [0.2, 0.25) is 0 Å². The summed E-state index contributed by atoms with van der Waals surface area (Å²) in [6.07, 6.45) is 0.329. The molecule has 1 aromatic rings. The second-order valence-corrected chi connectivity index (χ2v) is 4.44. The van der Waals surface area contributed by atoms with Crippen LogP contribution in [0.3, 0.4) is 0 Å². The smallest absolute Gasteiger partial charge is 0.119 e. The van der Waals surface area contributed by atoms with E-state index in [0.29, 0.717) is 18.6 Å². The van der Waals surface area contributed by atoms with Crippen LogP contribution < -0.4 is 4.74 Å². The van der Waals surface area contributed by atoms with Gasteiger partial charge in [0, 0.05) is 0 Å². The molecule has 2 heteroatoms. The summed E-state index contributed by atoms with van der Waals surface area (Å²) in [5.41, 5.74) is 2.70. The lowest BCUT2D eigenvalue weighted by Crippen LogP contribution is -2.04. The largest absolute Gasteiger partial charge is 0.491 e. The summed E-state index contributed by atoms with van der Waals surface area (Å²) in [6, 6.07) is 6.31. The number of hydrogen-bond donors (Lipinski definition) is 0. The van der Waals surface area contributed by atoms with Crippen LogP contribution in [0, 0.1) is 6.92 Å². The molecule has 0 N–H and O–H groups in total. The lowest BCUT2D eigenvalue weighted by molar-refractivity contribution is 0.263. The lowest BCUT2D eigenvalue weighted by atomic mass is 9.98. The quantitative estimate of drug-likeness (QED) is 0.706. The Balaban J connectivity index is 2.03. The Morgan fingerprint density at radius 2 is 2.20 bits per heavy atom. The molecule has 15 heavy (non-hydrogen) atoms. The molecule has 0 aliphatic carbocycles. The second-order valence-electron chi connectivity index (χ2n) is 4.44. The van der Waals surface area contributed by atoms with E-state index >= 15 is 0 Å². The molecule has 82 valence electrons. The van der Waals surface area contributed by atoms with E-state index in [9.17, 15) is 0 Å². The summed E-state index contributed by atoms with van der Waals surface area (Å²) >= 11 is 0. The average Bonchev–Trinajstić information content (AvgIpc) is 2.97. The first-order valence-electron chi connectivity index (χ1n) is 5.52. The second kappa shape index (κ2) is 4.23. The first-order valence-corrected chi connectivity index (χ1v) is 5.52. The van der Waals surface area contributed by atoms with Crippen molar-refractivity contribution in [1.29, 1.82) is 0 Å². The molecule has 1 aromatic carbocycles. The molecule has 0 saturated carbocycles. The van der Waals surface area contributed by atoms with Crippen molar-refractivity contribution in [2.45, 2.75) is 32.8 Å². The fourth-order valence-electron chi connectivity index (χ4n) is 1.74. The van der Waals surface area contributed by atoms with Gasteiger partial charge in [0.05, 0.1) is 6.61 Å². The number of benzene rings is 1. The van der Waals surface area contributed by atoms with Gasteiger partial charge in [0.1, 0.15) is 18.5 Å². The van der Waals surface area contributed by atoms with Crippen LogP contribution in [-0.4, -0.2) is 19.3 Å². The summed E-state index contributed by atoms with van der Waals surface area (Å²) in [5.74, 6) is 1.53. The Bertz CT molecular complexity index is 340. The van der Waals surface area contributed by atoms with E-state index in [0.717, 1.165) is 12.4 Å². The summed E-state index contributed by atoms with van der Waals surface area (Å²) in [4.78, 5) is 0. The molecule has 0 spiro atoms. The van der Waals surface area contributed by atoms with Gasteiger partial charge in [0.25, 0.3) is 0 Å². The zero-order valence-electron chi connectivity index (χ0n) is 9.62. The molecule has 1 atom stereocenters. The van der Waals surface area contributed by atoms with Crippen molar-refractivity contribution in [2.75, 3.05) is 13.2 Å². The Labute approximate surface area is 91.2 Å². The van der Waals surface area contributed by atoms with Crippen LogP contribution in [0.5, 0.6) is 5.75 Å². The molecule has 1 heterocycles. The first kappa shape index (κ1) is 10.5. The summed E-state index contributed by atoms with van der Waals surface area (Å²) in [6.45, 7) is 8.08. The average molecular weight is 206 g/mol. The van der Waals surface area contributed by atoms with Crippen molar-refractivity contribution < 1.29 is 9.47 Å². The van der Waals surface area contributed by atoms with E-state index in [1.54, 1.807) is 0 Å². The van der Waals surface area contributed by atoms with Crippen LogP contribution in [-0.2, 0) is 4.74 Å². The lowest BCUT2D eigenvalue weighted by Gasteiger charge is -2.11.